The molecule has 0 aliphatic heterocycles. The van der Waals surface area contributed by atoms with E-state index in [4.69, 9.17) is 5.26 Å². The smallest absolute Gasteiger partial charge is 0.222 e. The van der Waals surface area contributed by atoms with E-state index in [9.17, 15) is 13.2 Å². The average molecular weight is 324 g/mol. The predicted molar refractivity (Wildman–Crippen MR) is 85.0 cm³/mol. The Morgan fingerprint density at radius 1 is 1.13 bits per heavy atom. The first-order chi connectivity index (χ1) is 11.0. The highest BCUT2D eigenvalue weighted by atomic mass is 32.2. The average Bonchev–Trinajstić information content (AvgIpc) is 2.93. The summed E-state index contributed by atoms with van der Waals surface area (Å²) in [6.07, 6.45) is 0.520. The van der Waals surface area contributed by atoms with Crippen molar-refractivity contribution in [1.29, 1.82) is 5.26 Å². The van der Waals surface area contributed by atoms with E-state index in [1.54, 1.807) is 24.3 Å². The second kappa shape index (κ2) is 5.38. The van der Waals surface area contributed by atoms with Crippen LogP contribution in [0.4, 0.5) is 0 Å². The number of nitrogens with one attached hydrogen (secondary N) is 1. The van der Waals surface area contributed by atoms with E-state index in [2.05, 4.69) is 4.98 Å². The molecule has 0 fully saturated rings. The molecule has 0 saturated heterocycles. The van der Waals surface area contributed by atoms with Crippen LogP contribution in [-0.4, -0.2) is 19.7 Å². The number of fused-ring (bicyclic) bond motifs is 1. The Balaban J connectivity index is 2.28. The van der Waals surface area contributed by atoms with Gasteiger partial charge in [-0.1, -0.05) is 23.8 Å². The summed E-state index contributed by atoms with van der Waals surface area (Å²) in [7, 11) is -3.85. The normalized spacial score (nSPS) is 11.3. The molecule has 0 amide bonds. The molecule has 6 heteroatoms. The van der Waals surface area contributed by atoms with Crippen LogP contribution in [-0.2, 0) is 9.84 Å². The second-order valence-electron chi connectivity index (χ2n) is 5.17. The third-order valence-corrected chi connectivity index (χ3v) is 5.40. The number of aldehydes is 1. The highest BCUT2D eigenvalue weighted by Gasteiger charge is 2.25. The summed E-state index contributed by atoms with van der Waals surface area (Å²) in [6.45, 7) is 1.86. The Hall–Kier alpha value is -2.91. The van der Waals surface area contributed by atoms with Gasteiger partial charge in [-0.15, -0.1) is 0 Å². The van der Waals surface area contributed by atoms with E-state index >= 15 is 0 Å². The zero-order chi connectivity index (χ0) is 16.6. The Morgan fingerprint density at radius 2 is 1.83 bits per heavy atom. The number of sulfone groups is 1. The van der Waals surface area contributed by atoms with Gasteiger partial charge in [0.25, 0.3) is 0 Å². The summed E-state index contributed by atoms with van der Waals surface area (Å²) in [5.74, 6) is 0. The first-order valence-corrected chi connectivity index (χ1v) is 8.28. The molecule has 0 aliphatic rings. The molecular weight excluding hydrogens is 312 g/mol. The standard InChI is InChI=1S/C17H12N2O3S/c1-11-2-5-13(6-3-11)23(21,22)17-15(10-20)14-7-4-12(9-18)8-16(14)19-17/h2-8,10,19H,1H3. The molecule has 0 bridgehead atoms. The van der Waals surface area contributed by atoms with Crippen LogP contribution in [0.1, 0.15) is 21.5 Å². The number of hydrogen-bond acceptors (Lipinski definition) is 4. The van der Waals surface area contributed by atoms with E-state index in [-0.39, 0.29) is 15.5 Å². The van der Waals surface area contributed by atoms with Gasteiger partial charge in [-0.3, -0.25) is 4.79 Å². The number of H-pyrrole nitrogens is 1. The minimum Gasteiger partial charge on any atom is -0.345 e. The Bertz CT molecular complexity index is 1060. The maximum Gasteiger partial charge on any atom is 0.222 e. The van der Waals surface area contributed by atoms with E-state index in [1.807, 2.05) is 13.0 Å². The van der Waals surface area contributed by atoms with Crippen molar-refractivity contribution in [2.75, 3.05) is 0 Å². The number of hydrogen-bond donors (Lipinski definition) is 1. The molecule has 1 aromatic heterocycles. The molecule has 0 atom stereocenters. The van der Waals surface area contributed by atoms with Gasteiger partial charge in [-0.25, -0.2) is 8.42 Å². The van der Waals surface area contributed by atoms with Crippen LogP contribution in [0.3, 0.4) is 0 Å². The van der Waals surface area contributed by atoms with Gasteiger partial charge in [-0.05, 0) is 31.2 Å². The Labute approximate surface area is 133 Å². The van der Waals surface area contributed by atoms with Crippen molar-refractivity contribution in [2.24, 2.45) is 0 Å². The third-order valence-electron chi connectivity index (χ3n) is 3.65. The molecule has 1 heterocycles. The number of carbonyl (C=O) groups is 1. The Morgan fingerprint density at radius 3 is 2.43 bits per heavy atom. The second-order valence-corrected chi connectivity index (χ2v) is 7.06. The van der Waals surface area contributed by atoms with Crippen LogP contribution in [0, 0.1) is 18.3 Å². The monoisotopic (exact) mass is 324 g/mol. The van der Waals surface area contributed by atoms with Gasteiger partial charge in [0.05, 0.1) is 22.1 Å². The van der Waals surface area contributed by atoms with Crippen molar-refractivity contribution in [3.8, 4) is 6.07 Å². The first kappa shape index (κ1) is 15.0. The summed E-state index contributed by atoms with van der Waals surface area (Å²) >= 11 is 0. The molecule has 3 rings (SSSR count). The van der Waals surface area contributed by atoms with E-state index in [1.165, 1.54) is 18.2 Å². The van der Waals surface area contributed by atoms with Crippen molar-refractivity contribution in [2.45, 2.75) is 16.8 Å². The minimum absolute atomic E-state index is 0.0741. The molecule has 0 unspecified atom stereocenters. The van der Waals surface area contributed by atoms with E-state index in [0.717, 1.165) is 5.56 Å². The SMILES string of the molecule is Cc1ccc(S(=O)(=O)c2[nH]c3cc(C#N)ccc3c2C=O)cc1. The lowest BCUT2D eigenvalue weighted by Gasteiger charge is -2.03. The van der Waals surface area contributed by atoms with Crippen LogP contribution in [0.25, 0.3) is 10.9 Å². The third kappa shape index (κ3) is 2.41. The van der Waals surface area contributed by atoms with Gasteiger partial charge in [0.2, 0.25) is 9.84 Å². The summed E-state index contributed by atoms with van der Waals surface area (Å²) in [6, 6.07) is 13.0. The fraction of sp³-hybridized carbons (Fsp3) is 0.0588. The quantitative estimate of drug-likeness (QED) is 0.750. The minimum atomic E-state index is -3.85. The van der Waals surface area contributed by atoms with Gasteiger partial charge >= 0.3 is 0 Å². The highest BCUT2D eigenvalue weighted by Crippen LogP contribution is 2.29. The maximum atomic E-state index is 12.8. The van der Waals surface area contributed by atoms with Crippen LogP contribution in [0.15, 0.2) is 52.4 Å². The number of aromatic amines is 1. The van der Waals surface area contributed by atoms with Crippen molar-refractivity contribution in [1.82, 2.24) is 4.98 Å². The lowest BCUT2D eigenvalue weighted by atomic mass is 10.1. The van der Waals surface area contributed by atoms with Crippen LogP contribution < -0.4 is 0 Å². The van der Waals surface area contributed by atoms with Gasteiger partial charge in [-0.2, -0.15) is 5.26 Å². The molecule has 1 N–H and O–H groups in total. The number of benzene rings is 2. The van der Waals surface area contributed by atoms with Crippen molar-refractivity contribution in [3.05, 3.63) is 59.2 Å². The van der Waals surface area contributed by atoms with Gasteiger partial charge in [0, 0.05) is 10.9 Å². The number of rotatable bonds is 3. The fourth-order valence-corrected chi connectivity index (χ4v) is 3.85. The zero-order valence-corrected chi connectivity index (χ0v) is 13.0. The summed E-state index contributed by atoms with van der Waals surface area (Å²) in [5.41, 5.74) is 1.84. The summed E-state index contributed by atoms with van der Waals surface area (Å²) in [5, 5.41) is 9.27. The molecule has 5 nitrogen and oxygen atoms in total. The fourth-order valence-electron chi connectivity index (χ4n) is 2.43. The topological polar surface area (TPSA) is 90.8 Å². The highest BCUT2D eigenvalue weighted by molar-refractivity contribution is 7.91. The molecule has 114 valence electrons. The van der Waals surface area contributed by atoms with Crippen molar-refractivity contribution >= 4 is 27.0 Å². The number of carbonyl (C=O) groups excluding carboxylic acids is 1. The summed E-state index contributed by atoms with van der Waals surface area (Å²) < 4.78 is 25.6. The molecule has 2 aromatic carbocycles. The number of nitrogens with zero attached hydrogens (tertiary/aromatic N) is 1. The van der Waals surface area contributed by atoms with Gasteiger partial charge < -0.3 is 4.98 Å². The molecule has 3 aromatic rings. The first-order valence-electron chi connectivity index (χ1n) is 6.80. The lowest BCUT2D eigenvalue weighted by molar-refractivity contribution is 0.112. The van der Waals surface area contributed by atoms with Crippen molar-refractivity contribution in [3.63, 3.8) is 0 Å². The van der Waals surface area contributed by atoms with Crippen LogP contribution in [0.5, 0.6) is 0 Å². The van der Waals surface area contributed by atoms with Crippen molar-refractivity contribution < 1.29 is 13.2 Å². The van der Waals surface area contributed by atoms with E-state index < -0.39 is 9.84 Å². The predicted octanol–water partition coefficient (Wildman–Crippen LogP) is 2.99. The largest absolute Gasteiger partial charge is 0.345 e. The maximum absolute atomic E-state index is 12.8. The van der Waals surface area contributed by atoms with Gasteiger partial charge in [0.1, 0.15) is 5.03 Å². The molecule has 0 spiro atoms. The van der Waals surface area contributed by atoms with Crippen LogP contribution >= 0.6 is 0 Å². The number of aromatic nitrogens is 1. The van der Waals surface area contributed by atoms with Gasteiger partial charge in [0.15, 0.2) is 6.29 Å². The molecule has 0 radical (unpaired) electrons. The summed E-state index contributed by atoms with van der Waals surface area (Å²) in [4.78, 5) is 14.3. The number of aryl methyl sites for hydroxylation is 1. The number of nitriles is 1. The molecule has 23 heavy (non-hydrogen) atoms. The molecular formula is C17H12N2O3S. The lowest BCUT2D eigenvalue weighted by Crippen LogP contribution is -2.05. The molecule has 0 aliphatic carbocycles. The Kier molecular flexibility index (Phi) is 3.51. The van der Waals surface area contributed by atoms with Crippen LogP contribution in [0.2, 0.25) is 0 Å². The van der Waals surface area contributed by atoms with E-state index in [0.29, 0.717) is 22.8 Å². The molecule has 0 saturated carbocycles. The zero-order valence-electron chi connectivity index (χ0n) is 12.2.